The third kappa shape index (κ3) is 4.83. The van der Waals surface area contributed by atoms with Crippen LogP contribution in [0.5, 0.6) is 5.75 Å². The van der Waals surface area contributed by atoms with Crippen molar-refractivity contribution in [1.82, 2.24) is 0 Å². The van der Waals surface area contributed by atoms with Gasteiger partial charge in [-0.15, -0.1) is 0 Å². The molecule has 92 valence electrons. The number of rotatable bonds is 4. The molecule has 0 aromatic heterocycles. The molecule has 0 atom stereocenters. The van der Waals surface area contributed by atoms with Crippen LogP contribution in [-0.4, -0.2) is 18.8 Å². The maximum absolute atomic E-state index is 13.2. The van der Waals surface area contributed by atoms with Crippen LogP contribution >= 0.6 is 0 Å². The van der Waals surface area contributed by atoms with Gasteiger partial charge < -0.3 is 9.47 Å². The second-order valence-corrected chi connectivity index (χ2v) is 4.56. The number of hydrogen-bond donors (Lipinski definition) is 0. The van der Waals surface area contributed by atoms with Crippen molar-refractivity contribution in [3.05, 3.63) is 29.6 Å². The first kappa shape index (κ1) is 13.5. The van der Waals surface area contributed by atoms with Crippen LogP contribution in [0.3, 0.4) is 0 Å². The van der Waals surface area contributed by atoms with Crippen LogP contribution in [0.4, 0.5) is 4.39 Å². The molecule has 4 heteroatoms. The molecule has 17 heavy (non-hydrogen) atoms. The maximum atomic E-state index is 13.2. The number of halogens is 1. The largest absolute Gasteiger partial charge is 0.491 e. The van der Waals surface area contributed by atoms with E-state index >= 15 is 0 Å². The minimum atomic E-state index is -0.568. The Morgan fingerprint density at radius 2 is 2.00 bits per heavy atom. The highest BCUT2D eigenvalue weighted by Gasteiger charge is 2.09. The standard InChI is InChI=1S/C13H16FNO2/c1-13(2,3)17-7-6-16-11-5-4-10(9-15)12(14)8-11/h4-5,8H,6-7H2,1-3H3. The molecule has 0 bridgehead atoms. The predicted molar refractivity (Wildman–Crippen MR) is 62.3 cm³/mol. The average molecular weight is 237 g/mol. The Kier molecular flexibility index (Phi) is 4.47. The molecule has 0 aliphatic heterocycles. The van der Waals surface area contributed by atoms with E-state index in [0.717, 1.165) is 0 Å². The SMILES string of the molecule is CC(C)(C)OCCOc1ccc(C#N)c(F)c1. The zero-order chi connectivity index (χ0) is 12.9. The molecule has 0 N–H and O–H groups in total. The molecule has 0 unspecified atom stereocenters. The molecule has 1 rings (SSSR count). The predicted octanol–water partition coefficient (Wildman–Crippen LogP) is 2.89. The Morgan fingerprint density at radius 3 is 2.53 bits per heavy atom. The molecule has 1 aromatic carbocycles. The lowest BCUT2D eigenvalue weighted by molar-refractivity contribution is -0.0163. The number of benzene rings is 1. The Morgan fingerprint density at radius 1 is 1.29 bits per heavy atom. The van der Waals surface area contributed by atoms with Gasteiger partial charge in [-0.3, -0.25) is 0 Å². The van der Waals surface area contributed by atoms with Gasteiger partial charge in [0.15, 0.2) is 0 Å². The summed E-state index contributed by atoms with van der Waals surface area (Å²) in [5, 5.41) is 8.56. The van der Waals surface area contributed by atoms with Crippen LogP contribution in [0.1, 0.15) is 26.3 Å². The minimum absolute atomic E-state index is 0.0169. The second kappa shape index (κ2) is 5.65. The molecule has 0 saturated carbocycles. The summed E-state index contributed by atoms with van der Waals surface area (Å²) in [5.41, 5.74) is -0.192. The van der Waals surface area contributed by atoms with E-state index in [1.165, 1.54) is 12.1 Å². The first-order valence-electron chi connectivity index (χ1n) is 5.39. The highest BCUT2D eigenvalue weighted by atomic mass is 19.1. The summed E-state index contributed by atoms with van der Waals surface area (Å²) in [6, 6.07) is 5.92. The van der Waals surface area contributed by atoms with Crippen molar-refractivity contribution in [1.29, 1.82) is 5.26 Å². The van der Waals surface area contributed by atoms with E-state index in [0.29, 0.717) is 19.0 Å². The van der Waals surface area contributed by atoms with Gasteiger partial charge in [-0.25, -0.2) is 4.39 Å². The topological polar surface area (TPSA) is 42.2 Å². The van der Waals surface area contributed by atoms with Gasteiger partial charge in [0.1, 0.15) is 24.2 Å². The Bertz CT molecular complexity index is 418. The van der Waals surface area contributed by atoms with Gasteiger partial charge in [-0.2, -0.15) is 5.26 Å². The van der Waals surface area contributed by atoms with E-state index in [-0.39, 0.29) is 11.2 Å². The number of nitriles is 1. The summed E-state index contributed by atoms with van der Waals surface area (Å²) < 4.78 is 24.0. The molecule has 0 heterocycles. The van der Waals surface area contributed by atoms with Gasteiger partial charge in [0, 0.05) is 6.07 Å². The molecule has 0 spiro atoms. The molecular formula is C13H16FNO2. The first-order valence-corrected chi connectivity index (χ1v) is 5.39. The highest BCUT2D eigenvalue weighted by Crippen LogP contribution is 2.16. The molecule has 0 fully saturated rings. The summed E-state index contributed by atoms with van der Waals surface area (Å²) in [7, 11) is 0. The second-order valence-electron chi connectivity index (χ2n) is 4.56. The van der Waals surface area contributed by atoms with Crippen LogP contribution in [0.2, 0.25) is 0 Å². The Labute approximate surface area is 101 Å². The third-order valence-corrected chi connectivity index (χ3v) is 1.95. The first-order chi connectivity index (χ1) is 7.92. The average Bonchev–Trinajstić information content (AvgIpc) is 2.23. The molecule has 1 aromatic rings. The lowest BCUT2D eigenvalue weighted by Crippen LogP contribution is -2.22. The van der Waals surface area contributed by atoms with Gasteiger partial charge in [0.25, 0.3) is 0 Å². The zero-order valence-corrected chi connectivity index (χ0v) is 10.3. The smallest absolute Gasteiger partial charge is 0.144 e. The van der Waals surface area contributed by atoms with E-state index in [1.54, 1.807) is 12.1 Å². The van der Waals surface area contributed by atoms with Crippen molar-refractivity contribution in [2.45, 2.75) is 26.4 Å². The van der Waals surface area contributed by atoms with Crippen molar-refractivity contribution in [2.75, 3.05) is 13.2 Å². The minimum Gasteiger partial charge on any atom is -0.491 e. The molecule has 0 aliphatic rings. The molecule has 0 aliphatic carbocycles. The van der Waals surface area contributed by atoms with E-state index in [4.69, 9.17) is 14.7 Å². The summed E-state index contributed by atoms with van der Waals surface area (Å²) in [6.07, 6.45) is 0. The van der Waals surface area contributed by atoms with Crippen molar-refractivity contribution in [3.63, 3.8) is 0 Å². The van der Waals surface area contributed by atoms with Crippen LogP contribution in [0, 0.1) is 17.1 Å². The summed E-state index contributed by atoms with van der Waals surface area (Å²) >= 11 is 0. The highest BCUT2D eigenvalue weighted by molar-refractivity contribution is 5.36. The Hall–Kier alpha value is -1.60. The fourth-order valence-corrected chi connectivity index (χ4v) is 1.18. The molecule has 0 radical (unpaired) electrons. The summed E-state index contributed by atoms with van der Waals surface area (Å²) in [5.74, 6) is -0.166. The maximum Gasteiger partial charge on any atom is 0.144 e. The molecule has 0 amide bonds. The lowest BCUT2D eigenvalue weighted by atomic mass is 10.2. The molecular weight excluding hydrogens is 221 g/mol. The number of nitrogens with zero attached hydrogens (tertiary/aromatic N) is 1. The molecule has 3 nitrogen and oxygen atoms in total. The van der Waals surface area contributed by atoms with Gasteiger partial charge >= 0.3 is 0 Å². The van der Waals surface area contributed by atoms with E-state index in [9.17, 15) is 4.39 Å². The van der Waals surface area contributed by atoms with Crippen molar-refractivity contribution in [2.24, 2.45) is 0 Å². The fraction of sp³-hybridized carbons (Fsp3) is 0.462. The quantitative estimate of drug-likeness (QED) is 0.756. The van der Waals surface area contributed by atoms with E-state index in [2.05, 4.69) is 0 Å². The van der Waals surface area contributed by atoms with Gasteiger partial charge in [-0.1, -0.05) is 0 Å². The number of ether oxygens (including phenoxy) is 2. The Balaban J connectivity index is 2.43. The van der Waals surface area contributed by atoms with Crippen LogP contribution < -0.4 is 4.74 Å². The molecule has 0 saturated heterocycles. The van der Waals surface area contributed by atoms with Crippen molar-refractivity contribution in [3.8, 4) is 11.8 Å². The zero-order valence-electron chi connectivity index (χ0n) is 10.3. The fourth-order valence-electron chi connectivity index (χ4n) is 1.18. The normalized spacial score (nSPS) is 11.0. The third-order valence-electron chi connectivity index (χ3n) is 1.95. The summed E-state index contributed by atoms with van der Waals surface area (Å²) in [4.78, 5) is 0. The monoisotopic (exact) mass is 237 g/mol. The van der Waals surface area contributed by atoms with E-state index < -0.39 is 5.82 Å². The van der Waals surface area contributed by atoms with Crippen LogP contribution in [0.15, 0.2) is 18.2 Å². The summed E-state index contributed by atoms with van der Waals surface area (Å²) in [6.45, 7) is 6.64. The van der Waals surface area contributed by atoms with E-state index in [1.807, 2.05) is 20.8 Å². The van der Waals surface area contributed by atoms with Crippen molar-refractivity contribution < 1.29 is 13.9 Å². The van der Waals surface area contributed by atoms with Gasteiger partial charge in [0.05, 0.1) is 17.8 Å². The lowest BCUT2D eigenvalue weighted by Gasteiger charge is -2.19. The van der Waals surface area contributed by atoms with Crippen molar-refractivity contribution >= 4 is 0 Å². The van der Waals surface area contributed by atoms with Crippen LogP contribution in [-0.2, 0) is 4.74 Å². The van der Waals surface area contributed by atoms with Gasteiger partial charge in [-0.05, 0) is 32.9 Å². The number of hydrogen-bond acceptors (Lipinski definition) is 3. The van der Waals surface area contributed by atoms with Gasteiger partial charge in [0.2, 0.25) is 0 Å². The van der Waals surface area contributed by atoms with Crippen LogP contribution in [0.25, 0.3) is 0 Å².